The van der Waals surface area contributed by atoms with Crippen molar-refractivity contribution in [2.45, 2.75) is 20.3 Å². The van der Waals surface area contributed by atoms with Crippen LogP contribution in [0.3, 0.4) is 0 Å². The van der Waals surface area contributed by atoms with Crippen molar-refractivity contribution in [2.75, 3.05) is 13.7 Å². The summed E-state index contributed by atoms with van der Waals surface area (Å²) in [5, 5.41) is 0. The van der Waals surface area contributed by atoms with Crippen LogP contribution < -0.4 is 4.74 Å². The highest BCUT2D eigenvalue weighted by atomic mass is 79.9. The number of carbonyl (C=O) groups excluding carboxylic acids is 1. The van der Waals surface area contributed by atoms with Gasteiger partial charge in [0.2, 0.25) is 0 Å². The molecule has 0 amide bonds. The van der Waals surface area contributed by atoms with Crippen LogP contribution in [0.25, 0.3) is 0 Å². The van der Waals surface area contributed by atoms with E-state index in [1.54, 1.807) is 20.1 Å². The van der Waals surface area contributed by atoms with Gasteiger partial charge in [-0.3, -0.25) is 4.79 Å². The van der Waals surface area contributed by atoms with Gasteiger partial charge in [-0.05, 0) is 53.9 Å². The molecule has 0 heterocycles. The fraction of sp³-hybridized carbons (Fsp3) is 0.400. The lowest BCUT2D eigenvalue weighted by Crippen LogP contribution is -2.30. The van der Waals surface area contributed by atoms with E-state index in [0.29, 0.717) is 13.0 Å². The molecule has 4 heteroatoms. The van der Waals surface area contributed by atoms with Crippen LogP contribution in [0.2, 0.25) is 0 Å². The van der Waals surface area contributed by atoms with E-state index in [1.165, 1.54) is 0 Å². The van der Waals surface area contributed by atoms with Crippen LogP contribution in [0.1, 0.15) is 19.4 Å². The third-order valence-electron chi connectivity index (χ3n) is 2.98. The Morgan fingerprint density at radius 3 is 2.68 bits per heavy atom. The number of benzene rings is 1. The van der Waals surface area contributed by atoms with Crippen LogP contribution in [0.5, 0.6) is 5.75 Å². The maximum absolute atomic E-state index is 12.0. The first-order valence-electron chi connectivity index (χ1n) is 6.10. The molecule has 0 fully saturated rings. The predicted molar refractivity (Wildman–Crippen MR) is 79.3 cm³/mol. The van der Waals surface area contributed by atoms with E-state index in [9.17, 15) is 4.79 Å². The molecule has 0 aromatic heterocycles. The van der Waals surface area contributed by atoms with Crippen molar-refractivity contribution < 1.29 is 14.3 Å². The Kier molecular flexibility index (Phi) is 5.60. The summed E-state index contributed by atoms with van der Waals surface area (Å²) in [6.07, 6.45) is 2.18. The van der Waals surface area contributed by atoms with Crippen LogP contribution in [-0.4, -0.2) is 19.7 Å². The number of hydrogen-bond acceptors (Lipinski definition) is 3. The topological polar surface area (TPSA) is 35.5 Å². The fourth-order valence-electron chi connectivity index (χ4n) is 1.77. The fourth-order valence-corrected chi connectivity index (χ4v) is 2.36. The quantitative estimate of drug-likeness (QED) is 0.590. The minimum absolute atomic E-state index is 0.253. The molecule has 104 valence electrons. The lowest BCUT2D eigenvalue weighted by atomic mass is 9.84. The molecule has 0 saturated carbocycles. The standard InChI is InChI=1S/C15H19BrO3/c1-5-15(3,14(17)19-6-2)10-11-7-8-13(18-4)12(16)9-11/h5,7-9H,1,6,10H2,2-4H3. The van der Waals surface area contributed by atoms with Crippen molar-refractivity contribution in [3.8, 4) is 5.75 Å². The van der Waals surface area contributed by atoms with E-state index >= 15 is 0 Å². The van der Waals surface area contributed by atoms with Crippen molar-refractivity contribution in [1.82, 2.24) is 0 Å². The number of rotatable bonds is 6. The van der Waals surface area contributed by atoms with E-state index in [2.05, 4.69) is 22.5 Å². The molecule has 0 aliphatic rings. The monoisotopic (exact) mass is 326 g/mol. The molecule has 0 bridgehead atoms. The predicted octanol–water partition coefficient (Wildman–Crippen LogP) is 3.76. The van der Waals surface area contributed by atoms with Crippen LogP contribution >= 0.6 is 15.9 Å². The highest BCUT2D eigenvalue weighted by Crippen LogP contribution is 2.30. The van der Waals surface area contributed by atoms with Crippen molar-refractivity contribution in [3.05, 3.63) is 40.9 Å². The first-order valence-corrected chi connectivity index (χ1v) is 6.89. The number of carbonyl (C=O) groups is 1. The zero-order chi connectivity index (χ0) is 14.5. The summed E-state index contributed by atoms with van der Waals surface area (Å²) in [6, 6.07) is 5.75. The summed E-state index contributed by atoms with van der Waals surface area (Å²) in [6.45, 7) is 7.75. The average molecular weight is 327 g/mol. The summed E-state index contributed by atoms with van der Waals surface area (Å²) in [7, 11) is 1.62. The highest BCUT2D eigenvalue weighted by Gasteiger charge is 2.31. The number of ether oxygens (including phenoxy) is 2. The molecule has 1 rings (SSSR count). The van der Waals surface area contributed by atoms with Crippen LogP contribution in [0.15, 0.2) is 35.3 Å². The molecule has 3 nitrogen and oxygen atoms in total. The second-order valence-corrected chi connectivity index (χ2v) is 5.34. The van der Waals surface area contributed by atoms with Crippen molar-refractivity contribution in [2.24, 2.45) is 5.41 Å². The maximum atomic E-state index is 12.0. The zero-order valence-corrected chi connectivity index (χ0v) is 13.1. The molecule has 1 atom stereocenters. The number of methoxy groups -OCH3 is 1. The SMILES string of the molecule is C=CC(C)(Cc1ccc(OC)c(Br)c1)C(=O)OCC. The molecule has 0 radical (unpaired) electrons. The third-order valence-corrected chi connectivity index (χ3v) is 3.60. The summed E-state index contributed by atoms with van der Waals surface area (Å²) in [5.41, 5.74) is 0.299. The largest absolute Gasteiger partial charge is 0.496 e. The van der Waals surface area contributed by atoms with Gasteiger partial charge in [0.15, 0.2) is 0 Å². The Balaban J connectivity index is 2.95. The van der Waals surface area contributed by atoms with Crippen molar-refractivity contribution in [1.29, 1.82) is 0 Å². The molecule has 19 heavy (non-hydrogen) atoms. The van der Waals surface area contributed by atoms with Gasteiger partial charge in [-0.25, -0.2) is 0 Å². The molecular formula is C15H19BrO3. The summed E-state index contributed by atoms with van der Waals surface area (Å²) in [4.78, 5) is 12.0. The average Bonchev–Trinajstić information content (AvgIpc) is 2.39. The van der Waals surface area contributed by atoms with Gasteiger partial charge in [-0.1, -0.05) is 12.1 Å². The van der Waals surface area contributed by atoms with Gasteiger partial charge in [0.05, 0.1) is 23.6 Å². The van der Waals surface area contributed by atoms with Gasteiger partial charge in [-0.15, -0.1) is 6.58 Å². The van der Waals surface area contributed by atoms with Crippen LogP contribution in [0.4, 0.5) is 0 Å². The normalized spacial score (nSPS) is 13.5. The Morgan fingerprint density at radius 2 is 2.21 bits per heavy atom. The van der Waals surface area contributed by atoms with Crippen molar-refractivity contribution in [3.63, 3.8) is 0 Å². The highest BCUT2D eigenvalue weighted by molar-refractivity contribution is 9.10. The van der Waals surface area contributed by atoms with E-state index < -0.39 is 5.41 Å². The number of hydrogen-bond donors (Lipinski definition) is 0. The van der Waals surface area contributed by atoms with Crippen molar-refractivity contribution >= 4 is 21.9 Å². The maximum Gasteiger partial charge on any atom is 0.315 e. The molecule has 0 N–H and O–H groups in total. The second-order valence-electron chi connectivity index (χ2n) is 4.49. The third kappa shape index (κ3) is 3.83. The second kappa shape index (κ2) is 6.75. The molecule has 1 unspecified atom stereocenters. The lowest BCUT2D eigenvalue weighted by Gasteiger charge is -2.23. The van der Waals surface area contributed by atoms with Gasteiger partial charge in [-0.2, -0.15) is 0 Å². The first-order chi connectivity index (χ1) is 8.96. The zero-order valence-electron chi connectivity index (χ0n) is 11.5. The van der Waals surface area contributed by atoms with Gasteiger partial charge in [0, 0.05) is 0 Å². The molecular weight excluding hydrogens is 308 g/mol. The Labute approximate surface area is 122 Å². The van der Waals surface area contributed by atoms with Crippen LogP contribution in [-0.2, 0) is 16.0 Å². The van der Waals surface area contributed by atoms with E-state index in [0.717, 1.165) is 15.8 Å². The summed E-state index contributed by atoms with van der Waals surface area (Å²) in [5.74, 6) is 0.511. The molecule has 0 aliphatic carbocycles. The Morgan fingerprint density at radius 1 is 1.53 bits per heavy atom. The first kappa shape index (κ1) is 15.8. The molecule has 0 saturated heterocycles. The minimum atomic E-state index is -0.718. The van der Waals surface area contributed by atoms with Gasteiger partial charge in [0.1, 0.15) is 5.75 Å². The van der Waals surface area contributed by atoms with E-state index in [1.807, 2.05) is 25.1 Å². The van der Waals surface area contributed by atoms with Gasteiger partial charge < -0.3 is 9.47 Å². The minimum Gasteiger partial charge on any atom is -0.496 e. The Bertz CT molecular complexity index is 470. The summed E-state index contributed by atoms with van der Waals surface area (Å²) >= 11 is 3.44. The Hall–Kier alpha value is -1.29. The molecule has 0 spiro atoms. The molecule has 0 aliphatic heterocycles. The molecule has 1 aromatic rings. The van der Waals surface area contributed by atoms with E-state index in [4.69, 9.17) is 9.47 Å². The number of halogens is 1. The van der Waals surface area contributed by atoms with Crippen LogP contribution in [0, 0.1) is 5.41 Å². The molecule has 1 aromatic carbocycles. The van der Waals surface area contributed by atoms with E-state index in [-0.39, 0.29) is 5.97 Å². The summed E-state index contributed by atoms with van der Waals surface area (Å²) < 4.78 is 11.1. The number of esters is 1. The lowest BCUT2D eigenvalue weighted by molar-refractivity contribution is -0.151. The van der Waals surface area contributed by atoms with Gasteiger partial charge >= 0.3 is 5.97 Å². The smallest absolute Gasteiger partial charge is 0.315 e. The van der Waals surface area contributed by atoms with Gasteiger partial charge in [0.25, 0.3) is 0 Å².